The van der Waals surface area contributed by atoms with Crippen molar-refractivity contribution in [1.29, 1.82) is 0 Å². The summed E-state index contributed by atoms with van der Waals surface area (Å²) in [6, 6.07) is 8.27. The largest absolute Gasteiger partial charge is 0.385 e. The van der Waals surface area contributed by atoms with Crippen LogP contribution in [0.2, 0.25) is 0 Å². The number of hydrogen-bond donors (Lipinski definition) is 0. The van der Waals surface area contributed by atoms with Crippen LogP contribution < -0.4 is 0 Å². The van der Waals surface area contributed by atoms with E-state index in [-0.39, 0.29) is 0 Å². The fourth-order valence-corrected chi connectivity index (χ4v) is 1.63. The van der Waals surface area contributed by atoms with Crippen LogP contribution in [-0.4, -0.2) is 20.3 Å². The van der Waals surface area contributed by atoms with Gasteiger partial charge in [0.1, 0.15) is 0 Å². The summed E-state index contributed by atoms with van der Waals surface area (Å²) in [7, 11) is 1.74. The molecule has 1 aromatic rings. The normalized spacial score (nSPS) is 10.4. The van der Waals surface area contributed by atoms with Crippen LogP contribution in [0.1, 0.15) is 30.4 Å². The third-order valence-electron chi connectivity index (χ3n) is 2.59. The van der Waals surface area contributed by atoms with Gasteiger partial charge in [0.15, 0.2) is 0 Å². The highest BCUT2D eigenvalue weighted by Crippen LogP contribution is 2.08. The van der Waals surface area contributed by atoms with Crippen LogP contribution in [0.25, 0.3) is 6.08 Å². The van der Waals surface area contributed by atoms with Crippen LogP contribution in [-0.2, 0) is 16.1 Å². The maximum absolute atomic E-state index is 5.62. The number of hydrogen-bond acceptors (Lipinski definition) is 2. The van der Waals surface area contributed by atoms with Crippen molar-refractivity contribution in [3.05, 3.63) is 42.0 Å². The smallest absolute Gasteiger partial charge is 0.0717 e. The molecule has 0 unspecified atom stereocenters. The van der Waals surface area contributed by atoms with Gasteiger partial charge in [-0.15, -0.1) is 0 Å². The molecule has 0 heterocycles. The van der Waals surface area contributed by atoms with Gasteiger partial charge in [0, 0.05) is 20.3 Å². The van der Waals surface area contributed by atoms with E-state index in [1.54, 1.807) is 7.11 Å². The third kappa shape index (κ3) is 6.25. The van der Waals surface area contributed by atoms with Crippen molar-refractivity contribution < 1.29 is 9.47 Å². The molecule has 0 bridgehead atoms. The molecule has 0 radical (unpaired) electrons. The highest BCUT2D eigenvalue weighted by molar-refractivity contribution is 5.47. The van der Waals surface area contributed by atoms with E-state index < -0.39 is 0 Å². The maximum atomic E-state index is 5.62. The quantitative estimate of drug-likeness (QED) is 0.607. The second-order valence-electron chi connectivity index (χ2n) is 4.06. The number of ether oxygens (including phenoxy) is 2. The molecule has 2 nitrogen and oxygen atoms in total. The van der Waals surface area contributed by atoms with E-state index in [2.05, 4.69) is 18.7 Å². The zero-order valence-electron chi connectivity index (χ0n) is 10.7. The van der Waals surface area contributed by atoms with E-state index in [0.717, 1.165) is 31.6 Å². The van der Waals surface area contributed by atoms with E-state index in [1.807, 2.05) is 18.2 Å². The summed E-state index contributed by atoms with van der Waals surface area (Å²) in [5.41, 5.74) is 2.35. The van der Waals surface area contributed by atoms with Gasteiger partial charge in [-0.25, -0.2) is 0 Å². The fourth-order valence-electron chi connectivity index (χ4n) is 1.63. The van der Waals surface area contributed by atoms with Gasteiger partial charge in [0.2, 0.25) is 0 Å². The average molecular weight is 234 g/mol. The number of benzene rings is 1. The summed E-state index contributed by atoms with van der Waals surface area (Å²) < 4.78 is 10.6. The third-order valence-corrected chi connectivity index (χ3v) is 2.59. The molecule has 0 amide bonds. The van der Waals surface area contributed by atoms with Crippen molar-refractivity contribution in [2.75, 3.05) is 20.3 Å². The van der Waals surface area contributed by atoms with Gasteiger partial charge in [0.25, 0.3) is 0 Å². The van der Waals surface area contributed by atoms with Crippen molar-refractivity contribution in [3.8, 4) is 0 Å². The number of methoxy groups -OCH3 is 1. The monoisotopic (exact) mass is 234 g/mol. The lowest BCUT2D eigenvalue weighted by Crippen LogP contribution is -1.97. The van der Waals surface area contributed by atoms with E-state index in [4.69, 9.17) is 9.47 Å². The minimum Gasteiger partial charge on any atom is -0.385 e. The van der Waals surface area contributed by atoms with Crippen molar-refractivity contribution >= 4 is 6.08 Å². The lowest BCUT2D eigenvalue weighted by molar-refractivity contribution is 0.114. The van der Waals surface area contributed by atoms with Gasteiger partial charge in [-0.05, 0) is 36.5 Å². The predicted octanol–water partition coefficient (Wildman–Crippen LogP) is 3.66. The van der Waals surface area contributed by atoms with Gasteiger partial charge in [-0.3, -0.25) is 0 Å². The lowest BCUT2D eigenvalue weighted by Gasteiger charge is -2.05. The number of rotatable bonds is 9. The highest BCUT2D eigenvalue weighted by atomic mass is 16.5. The molecule has 0 atom stereocenters. The summed E-state index contributed by atoms with van der Waals surface area (Å²) in [6.07, 6.45) is 5.24. The Morgan fingerprint density at radius 1 is 1.18 bits per heavy atom. The molecule has 0 spiro atoms. The van der Waals surface area contributed by atoms with Crippen LogP contribution in [0.5, 0.6) is 0 Å². The fraction of sp³-hybridized carbons (Fsp3) is 0.467. The Balaban J connectivity index is 2.11. The molecule has 1 rings (SSSR count). The second-order valence-corrected chi connectivity index (χ2v) is 4.06. The molecule has 0 aliphatic rings. The zero-order chi connectivity index (χ0) is 12.3. The first-order valence-electron chi connectivity index (χ1n) is 6.15. The predicted molar refractivity (Wildman–Crippen MR) is 71.9 cm³/mol. The molecule has 0 saturated carbocycles. The summed E-state index contributed by atoms with van der Waals surface area (Å²) in [4.78, 5) is 0. The van der Waals surface area contributed by atoms with Crippen LogP contribution >= 0.6 is 0 Å². The number of unbranched alkanes of at least 4 members (excludes halogenated alkanes) is 2. The molecule has 2 heteroatoms. The first-order chi connectivity index (χ1) is 8.36. The van der Waals surface area contributed by atoms with E-state index in [0.29, 0.717) is 6.61 Å². The van der Waals surface area contributed by atoms with E-state index >= 15 is 0 Å². The Morgan fingerprint density at radius 3 is 2.76 bits per heavy atom. The highest BCUT2D eigenvalue weighted by Gasteiger charge is 1.95. The minimum atomic E-state index is 0.686. The van der Waals surface area contributed by atoms with E-state index in [1.165, 1.54) is 12.0 Å². The van der Waals surface area contributed by atoms with Gasteiger partial charge in [-0.2, -0.15) is 0 Å². The Morgan fingerprint density at radius 2 is 2.00 bits per heavy atom. The van der Waals surface area contributed by atoms with Gasteiger partial charge >= 0.3 is 0 Å². The second kappa shape index (κ2) is 8.97. The maximum Gasteiger partial charge on any atom is 0.0717 e. The molecule has 0 aliphatic heterocycles. The van der Waals surface area contributed by atoms with Crippen LogP contribution in [0.15, 0.2) is 30.8 Å². The molecule has 0 aromatic heterocycles. The molecule has 17 heavy (non-hydrogen) atoms. The first kappa shape index (κ1) is 13.9. The Labute approximate surface area is 104 Å². The average Bonchev–Trinajstić information content (AvgIpc) is 2.38. The minimum absolute atomic E-state index is 0.686. The van der Waals surface area contributed by atoms with Crippen molar-refractivity contribution in [2.45, 2.75) is 25.9 Å². The molecule has 1 aromatic carbocycles. The van der Waals surface area contributed by atoms with Crippen molar-refractivity contribution in [2.24, 2.45) is 0 Å². The Kier molecular flexibility index (Phi) is 7.35. The van der Waals surface area contributed by atoms with Gasteiger partial charge in [0.05, 0.1) is 6.61 Å². The van der Waals surface area contributed by atoms with Crippen molar-refractivity contribution in [1.82, 2.24) is 0 Å². The van der Waals surface area contributed by atoms with Crippen LogP contribution in [0.3, 0.4) is 0 Å². The topological polar surface area (TPSA) is 18.5 Å². The summed E-state index contributed by atoms with van der Waals surface area (Å²) in [5, 5.41) is 0. The van der Waals surface area contributed by atoms with Crippen LogP contribution in [0.4, 0.5) is 0 Å². The van der Waals surface area contributed by atoms with Gasteiger partial charge < -0.3 is 9.47 Å². The summed E-state index contributed by atoms with van der Waals surface area (Å²) in [5.74, 6) is 0. The SMILES string of the molecule is C=Cc1cccc(COCCCCCOC)c1. The summed E-state index contributed by atoms with van der Waals surface area (Å²) >= 11 is 0. The van der Waals surface area contributed by atoms with Gasteiger partial charge in [-0.1, -0.05) is 30.9 Å². The van der Waals surface area contributed by atoms with E-state index in [9.17, 15) is 0 Å². The molecular weight excluding hydrogens is 212 g/mol. The van der Waals surface area contributed by atoms with Crippen LogP contribution in [0, 0.1) is 0 Å². The zero-order valence-corrected chi connectivity index (χ0v) is 10.7. The summed E-state index contributed by atoms with van der Waals surface area (Å²) in [6.45, 7) is 6.11. The molecular formula is C15H22O2. The molecule has 0 saturated heterocycles. The van der Waals surface area contributed by atoms with Crippen molar-refractivity contribution in [3.63, 3.8) is 0 Å². The lowest BCUT2D eigenvalue weighted by atomic mass is 10.1. The molecule has 94 valence electrons. The first-order valence-corrected chi connectivity index (χ1v) is 6.15. The molecule has 0 N–H and O–H groups in total. The molecule has 0 aliphatic carbocycles. The molecule has 0 fully saturated rings. The Hall–Kier alpha value is -1.12. The Bertz CT molecular complexity index is 320. The standard InChI is InChI=1S/C15H22O2/c1-3-14-8-7-9-15(12-14)13-17-11-6-4-5-10-16-2/h3,7-9,12H,1,4-6,10-11,13H2,2H3.